The largest absolute Gasteiger partial charge is 0.364 e. The smallest absolute Gasteiger partial charge is 0.266 e. The highest BCUT2D eigenvalue weighted by Crippen LogP contribution is 2.21. The van der Waals surface area contributed by atoms with Gasteiger partial charge in [0.2, 0.25) is 10.0 Å². The molecule has 9 nitrogen and oxygen atoms in total. The first-order valence-electron chi connectivity index (χ1n) is 8.13. The van der Waals surface area contributed by atoms with Crippen LogP contribution >= 0.6 is 0 Å². The Morgan fingerprint density at radius 2 is 1.77 bits per heavy atom. The van der Waals surface area contributed by atoms with E-state index in [-0.39, 0.29) is 5.75 Å². The fraction of sp³-hybridized carbons (Fsp3) is 0.312. The van der Waals surface area contributed by atoms with Gasteiger partial charge in [-0.15, -0.1) is 0 Å². The van der Waals surface area contributed by atoms with Gasteiger partial charge in [0.1, 0.15) is 12.0 Å². The van der Waals surface area contributed by atoms with E-state index >= 15 is 0 Å². The van der Waals surface area contributed by atoms with E-state index in [4.69, 9.17) is 9.05 Å². The summed E-state index contributed by atoms with van der Waals surface area (Å²) < 4.78 is 36.4. The van der Waals surface area contributed by atoms with Crippen molar-refractivity contribution >= 4 is 16.0 Å². The van der Waals surface area contributed by atoms with E-state index in [1.165, 1.54) is 10.6 Å². The van der Waals surface area contributed by atoms with E-state index in [9.17, 15) is 8.42 Å². The molecule has 0 aliphatic carbocycles. The number of nitrogens with zero attached hydrogens (tertiary/aromatic N) is 5. The lowest BCUT2D eigenvalue weighted by molar-refractivity contribution is 0.374. The van der Waals surface area contributed by atoms with Crippen molar-refractivity contribution in [2.45, 2.75) is 5.75 Å². The minimum absolute atomic E-state index is 0.163. The van der Waals surface area contributed by atoms with Gasteiger partial charge in [0.25, 0.3) is 11.8 Å². The topological polar surface area (TPSA) is 106 Å². The average molecular weight is 375 g/mol. The molecule has 10 heteroatoms. The number of rotatable bonds is 5. The van der Waals surface area contributed by atoms with Gasteiger partial charge in [-0.2, -0.15) is 9.29 Å². The third-order valence-electron chi connectivity index (χ3n) is 4.17. The molecule has 3 aromatic rings. The highest BCUT2D eigenvalue weighted by Gasteiger charge is 2.29. The monoisotopic (exact) mass is 375 g/mol. The minimum Gasteiger partial charge on any atom is -0.364 e. The van der Waals surface area contributed by atoms with Crippen LogP contribution in [0.3, 0.4) is 0 Å². The molecule has 1 aliphatic rings. The minimum atomic E-state index is -3.43. The molecule has 4 rings (SSSR count). The first-order chi connectivity index (χ1) is 12.6. The van der Waals surface area contributed by atoms with Crippen LogP contribution in [0.4, 0.5) is 5.95 Å². The van der Waals surface area contributed by atoms with Crippen LogP contribution in [-0.2, 0) is 15.8 Å². The predicted molar refractivity (Wildman–Crippen MR) is 92.6 cm³/mol. The molecule has 0 unspecified atom stereocenters. The zero-order valence-corrected chi connectivity index (χ0v) is 14.7. The summed E-state index contributed by atoms with van der Waals surface area (Å²) in [4.78, 5) is 6.32. The maximum Gasteiger partial charge on any atom is 0.266 e. The number of sulfonamides is 1. The first-order valence-corrected chi connectivity index (χ1v) is 9.74. The molecule has 0 atom stereocenters. The molecule has 0 spiro atoms. The van der Waals surface area contributed by atoms with Crippen LogP contribution in [0.5, 0.6) is 0 Å². The Labute approximate surface area is 150 Å². The van der Waals surface area contributed by atoms with Gasteiger partial charge < -0.3 is 13.9 Å². The zero-order valence-electron chi connectivity index (χ0n) is 13.9. The molecular weight excluding hydrogens is 358 g/mol. The quantitative estimate of drug-likeness (QED) is 0.658. The molecule has 26 heavy (non-hydrogen) atoms. The molecule has 0 saturated carbocycles. The standard InChI is InChI=1S/C16H17N5O4S/c22-26(23,12-14-6-11-24-18-14)21-9-7-20(8-10-21)16-17-15(25-19-16)13-4-2-1-3-5-13/h1-6,11H,7-10,12H2. The number of hydrogen-bond donors (Lipinski definition) is 0. The second-order valence-electron chi connectivity index (χ2n) is 5.90. The lowest BCUT2D eigenvalue weighted by Gasteiger charge is -2.32. The molecule has 1 aliphatic heterocycles. The van der Waals surface area contributed by atoms with Crippen LogP contribution in [0.15, 0.2) is 51.7 Å². The summed E-state index contributed by atoms with van der Waals surface area (Å²) in [5.74, 6) is 0.753. The Morgan fingerprint density at radius 1 is 1.00 bits per heavy atom. The lowest BCUT2D eigenvalue weighted by Crippen LogP contribution is -2.49. The predicted octanol–water partition coefficient (Wildman–Crippen LogP) is 1.38. The molecule has 0 radical (unpaired) electrons. The van der Waals surface area contributed by atoms with Crippen molar-refractivity contribution in [1.82, 2.24) is 19.6 Å². The van der Waals surface area contributed by atoms with Crippen LogP contribution < -0.4 is 4.90 Å². The molecule has 1 saturated heterocycles. The van der Waals surface area contributed by atoms with Crippen LogP contribution in [0.25, 0.3) is 11.5 Å². The van der Waals surface area contributed by atoms with Crippen LogP contribution in [0.2, 0.25) is 0 Å². The van der Waals surface area contributed by atoms with E-state index in [1.807, 2.05) is 35.2 Å². The van der Waals surface area contributed by atoms with Gasteiger partial charge in [0, 0.05) is 37.8 Å². The number of aromatic nitrogens is 3. The van der Waals surface area contributed by atoms with E-state index in [0.717, 1.165) is 5.56 Å². The van der Waals surface area contributed by atoms with Crippen molar-refractivity contribution in [2.75, 3.05) is 31.1 Å². The average Bonchev–Trinajstić information content (AvgIpc) is 3.34. The van der Waals surface area contributed by atoms with Crippen molar-refractivity contribution < 1.29 is 17.5 Å². The molecule has 1 aromatic carbocycles. The molecule has 136 valence electrons. The van der Waals surface area contributed by atoms with E-state index < -0.39 is 10.0 Å². The molecule has 0 N–H and O–H groups in total. The maximum atomic E-state index is 12.5. The lowest BCUT2D eigenvalue weighted by atomic mass is 10.2. The molecule has 1 fully saturated rings. The van der Waals surface area contributed by atoms with Gasteiger partial charge in [-0.05, 0) is 17.3 Å². The number of benzene rings is 1. The Kier molecular flexibility index (Phi) is 4.43. The molecule has 3 heterocycles. The Balaban J connectivity index is 1.40. The van der Waals surface area contributed by atoms with Gasteiger partial charge >= 0.3 is 0 Å². The first kappa shape index (κ1) is 16.7. The van der Waals surface area contributed by atoms with Crippen molar-refractivity contribution in [2.24, 2.45) is 0 Å². The Morgan fingerprint density at radius 3 is 2.46 bits per heavy atom. The van der Waals surface area contributed by atoms with E-state index in [1.54, 1.807) is 6.07 Å². The number of anilines is 1. The van der Waals surface area contributed by atoms with Crippen molar-refractivity contribution in [3.8, 4) is 11.5 Å². The number of hydrogen-bond acceptors (Lipinski definition) is 8. The molecule has 0 bridgehead atoms. The fourth-order valence-corrected chi connectivity index (χ4v) is 4.22. The van der Waals surface area contributed by atoms with Gasteiger partial charge in [-0.3, -0.25) is 0 Å². The van der Waals surface area contributed by atoms with Crippen molar-refractivity contribution in [3.05, 3.63) is 48.4 Å². The summed E-state index contributed by atoms with van der Waals surface area (Å²) in [6.45, 7) is 1.70. The SMILES string of the molecule is O=S(=O)(Cc1ccon1)N1CCN(c2noc(-c3ccccc3)n2)CC1. The van der Waals surface area contributed by atoms with Gasteiger partial charge in [-0.1, -0.05) is 23.4 Å². The van der Waals surface area contributed by atoms with E-state index in [0.29, 0.717) is 43.7 Å². The zero-order chi connectivity index (χ0) is 18.0. The van der Waals surface area contributed by atoms with Crippen LogP contribution in [0.1, 0.15) is 5.69 Å². The fourth-order valence-electron chi connectivity index (χ4n) is 2.80. The third-order valence-corrected chi connectivity index (χ3v) is 5.98. The molecular formula is C16H17N5O4S. The summed E-state index contributed by atoms with van der Waals surface area (Å²) in [5, 5.41) is 7.68. The van der Waals surface area contributed by atoms with E-state index in [2.05, 4.69) is 15.3 Å². The Bertz CT molecular complexity index is 948. The second kappa shape index (κ2) is 6.89. The Hall–Kier alpha value is -2.72. The summed E-state index contributed by atoms with van der Waals surface area (Å²) >= 11 is 0. The summed E-state index contributed by atoms with van der Waals surface area (Å²) in [7, 11) is -3.43. The van der Waals surface area contributed by atoms with Crippen LogP contribution in [0, 0.1) is 0 Å². The van der Waals surface area contributed by atoms with Crippen LogP contribution in [-0.4, -0.2) is 54.2 Å². The third kappa shape index (κ3) is 3.46. The highest BCUT2D eigenvalue weighted by molar-refractivity contribution is 7.88. The summed E-state index contributed by atoms with van der Waals surface area (Å²) in [6, 6.07) is 11.1. The van der Waals surface area contributed by atoms with Gasteiger partial charge in [0.15, 0.2) is 0 Å². The summed E-state index contributed by atoms with van der Waals surface area (Å²) in [5.41, 5.74) is 1.25. The van der Waals surface area contributed by atoms with Crippen molar-refractivity contribution in [3.63, 3.8) is 0 Å². The number of piperazine rings is 1. The van der Waals surface area contributed by atoms with Crippen molar-refractivity contribution in [1.29, 1.82) is 0 Å². The normalized spacial score (nSPS) is 16.1. The molecule has 0 amide bonds. The maximum absolute atomic E-state index is 12.5. The summed E-state index contributed by atoms with van der Waals surface area (Å²) in [6.07, 6.45) is 1.36. The second-order valence-corrected chi connectivity index (χ2v) is 7.87. The van der Waals surface area contributed by atoms with Gasteiger partial charge in [0.05, 0.1) is 5.69 Å². The van der Waals surface area contributed by atoms with Gasteiger partial charge in [-0.25, -0.2) is 8.42 Å². The molecule has 2 aromatic heterocycles. The highest BCUT2D eigenvalue weighted by atomic mass is 32.2.